The maximum atomic E-state index is 9.76. The molecule has 0 radical (unpaired) electrons. The highest BCUT2D eigenvalue weighted by atomic mass is 16.5. The molecule has 1 aliphatic rings. The average molecular weight is 224 g/mol. The summed E-state index contributed by atoms with van der Waals surface area (Å²) in [6.45, 7) is 4.26. The molecule has 4 heteroatoms. The van der Waals surface area contributed by atoms with Gasteiger partial charge in [0, 0.05) is 5.92 Å². The first-order valence-electron chi connectivity index (χ1n) is 6.24. The van der Waals surface area contributed by atoms with Gasteiger partial charge in [0.1, 0.15) is 6.10 Å². The van der Waals surface area contributed by atoms with Crippen molar-refractivity contribution in [3.05, 3.63) is 11.7 Å². The van der Waals surface area contributed by atoms with Crippen LogP contribution in [0.3, 0.4) is 0 Å². The van der Waals surface area contributed by atoms with E-state index in [4.69, 9.17) is 4.52 Å². The van der Waals surface area contributed by atoms with Crippen molar-refractivity contribution in [1.82, 2.24) is 10.1 Å². The standard InChI is InChI=1S/C12H20N2O2/c1-3-5-10(15)11-13-12(16-14-11)9-7-4-6-8(9)2/h8-10,15H,3-7H2,1-2H3. The van der Waals surface area contributed by atoms with E-state index in [-0.39, 0.29) is 0 Å². The van der Waals surface area contributed by atoms with Gasteiger partial charge in [-0.05, 0) is 25.2 Å². The fourth-order valence-electron chi connectivity index (χ4n) is 2.45. The molecule has 1 saturated carbocycles. The third-order valence-electron chi connectivity index (χ3n) is 3.50. The Morgan fingerprint density at radius 1 is 1.50 bits per heavy atom. The molecule has 4 nitrogen and oxygen atoms in total. The average Bonchev–Trinajstić information content (AvgIpc) is 2.86. The van der Waals surface area contributed by atoms with E-state index in [9.17, 15) is 5.11 Å². The van der Waals surface area contributed by atoms with Gasteiger partial charge in [0.15, 0.2) is 5.82 Å². The molecule has 0 bridgehead atoms. The third-order valence-corrected chi connectivity index (χ3v) is 3.50. The molecule has 1 aromatic heterocycles. The Labute approximate surface area is 96.1 Å². The number of aromatic nitrogens is 2. The van der Waals surface area contributed by atoms with E-state index in [0.29, 0.717) is 24.1 Å². The molecule has 0 amide bonds. The fraction of sp³-hybridized carbons (Fsp3) is 0.833. The Balaban J connectivity index is 2.06. The van der Waals surface area contributed by atoms with Crippen molar-refractivity contribution in [3.8, 4) is 0 Å². The molecule has 1 N–H and O–H groups in total. The summed E-state index contributed by atoms with van der Waals surface area (Å²) in [5.74, 6) is 2.19. The van der Waals surface area contributed by atoms with Crippen LogP contribution >= 0.6 is 0 Å². The summed E-state index contributed by atoms with van der Waals surface area (Å²) in [5.41, 5.74) is 0. The van der Waals surface area contributed by atoms with Crippen molar-refractivity contribution in [2.45, 2.75) is 58.0 Å². The third kappa shape index (κ3) is 2.26. The Kier molecular flexibility index (Phi) is 3.59. The number of nitrogens with zero attached hydrogens (tertiary/aromatic N) is 2. The zero-order valence-corrected chi connectivity index (χ0v) is 10.0. The van der Waals surface area contributed by atoms with Crippen LogP contribution in [0, 0.1) is 5.92 Å². The largest absolute Gasteiger partial charge is 0.385 e. The molecule has 1 fully saturated rings. The second kappa shape index (κ2) is 4.95. The summed E-state index contributed by atoms with van der Waals surface area (Å²) in [5, 5.41) is 13.6. The van der Waals surface area contributed by atoms with Gasteiger partial charge in [-0.3, -0.25) is 0 Å². The monoisotopic (exact) mass is 224 g/mol. The molecule has 90 valence electrons. The number of hydrogen-bond acceptors (Lipinski definition) is 4. The van der Waals surface area contributed by atoms with Crippen LogP contribution in [0.25, 0.3) is 0 Å². The van der Waals surface area contributed by atoms with E-state index in [2.05, 4.69) is 17.1 Å². The zero-order chi connectivity index (χ0) is 11.5. The van der Waals surface area contributed by atoms with Gasteiger partial charge in [0.25, 0.3) is 0 Å². The van der Waals surface area contributed by atoms with E-state index < -0.39 is 6.10 Å². The van der Waals surface area contributed by atoms with Gasteiger partial charge in [0.05, 0.1) is 0 Å². The lowest BCUT2D eigenvalue weighted by Crippen LogP contribution is -2.04. The van der Waals surface area contributed by atoms with Gasteiger partial charge in [-0.25, -0.2) is 0 Å². The van der Waals surface area contributed by atoms with Crippen molar-refractivity contribution in [3.63, 3.8) is 0 Å². The van der Waals surface area contributed by atoms with E-state index in [1.54, 1.807) is 0 Å². The van der Waals surface area contributed by atoms with E-state index in [1.165, 1.54) is 12.8 Å². The van der Waals surface area contributed by atoms with Crippen molar-refractivity contribution < 1.29 is 9.63 Å². The minimum absolute atomic E-state index is 0.398. The normalized spacial score (nSPS) is 27.2. The van der Waals surface area contributed by atoms with E-state index in [0.717, 1.165) is 18.7 Å². The number of rotatable bonds is 4. The number of aliphatic hydroxyl groups excluding tert-OH is 1. The molecular formula is C12H20N2O2. The van der Waals surface area contributed by atoms with Crippen LogP contribution in [0.5, 0.6) is 0 Å². The number of aliphatic hydroxyl groups is 1. The molecule has 3 unspecified atom stereocenters. The molecule has 0 saturated heterocycles. The highest BCUT2D eigenvalue weighted by Crippen LogP contribution is 2.38. The van der Waals surface area contributed by atoms with Crippen molar-refractivity contribution in [2.24, 2.45) is 5.92 Å². The predicted octanol–water partition coefficient (Wildman–Crippen LogP) is 2.81. The Bertz CT molecular complexity index is 338. The second-order valence-electron chi connectivity index (χ2n) is 4.81. The highest BCUT2D eigenvalue weighted by molar-refractivity contribution is 5.00. The minimum atomic E-state index is -0.570. The lowest BCUT2D eigenvalue weighted by Gasteiger charge is -2.08. The molecule has 0 aliphatic heterocycles. The Morgan fingerprint density at radius 2 is 2.31 bits per heavy atom. The quantitative estimate of drug-likeness (QED) is 0.854. The Morgan fingerprint density at radius 3 is 2.94 bits per heavy atom. The summed E-state index contributed by atoms with van der Waals surface area (Å²) < 4.78 is 5.27. The number of hydrogen-bond donors (Lipinski definition) is 1. The summed E-state index contributed by atoms with van der Waals surface area (Å²) in [7, 11) is 0. The predicted molar refractivity (Wildman–Crippen MR) is 59.9 cm³/mol. The van der Waals surface area contributed by atoms with Crippen LogP contribution in [-0.2, 0) is 0 Å². The fourth-order valence-corrected chi connectivity index (χ4v) is 2.45. The van der Waals surface area contributed by atoms with Crippen LogP contribution in [-0.4, -0.2) is 15.2 Å². The summed E-state index contributed by atoms with van der Waals surface area (Å²) in [4.78, 5) is 4.33. The molecule has 1 heterocycles. The van der Waals surface area contributed by atoms with Gasteiger partial charge in [-0.1, -0.05) is 31.8 Å². The zero-order valence-electron chi connectivity index (χ0n) is 10.0. The van der Waals surface area contributed by atoms with Crippen LogP contribution in [0.15, 0.2) is 4.52 Å². The molecule has 0 spiro atoms. The SMILES string of the molecule is CCCC(O)c1noc(C2CCCC2C)n1. The molecule has 16 heavy (non-hydrogen) atoms. The van der Waals surface area contributed by atoms with Gasteiger partial charge >= 0.3 is 0 Å². The lowest BCUT2D eigenvalue weighted by molar-refractivity contribution is 0.152. The molecule has 0 aromatic carbocycles. The maximum Gasteiger partial charge on any atom is 0.230 e. The topological polar surface area (TPSA) is 59.2 Å². The van der Waals surface area contributed by atoms with E-state index >= 15 is 0 Å². The first-order valence-corrected chi connectivity index (χ1v) is 6.24. The molecule has 1 aliphatic carbocycles. The van der Waals surface area contributed by atoms with Crippen LogP contribution < -0.4 is 0 Å². The van der Waals surface area contributed by atoms with E-state index in [1.807, 2.05) is 6.92 Å². The summed E-state index contributed by atoms with van der Waals surface area (Å²) in [6, 6.07) is 0. The van der Waals surface area contributed by atoms with Crippen molar-refractivity contribution in [2.75, 3.05) is 0 Å². The van der Waals surface area contributed by atoms with Crippen LogP contribution in [0.4, 0.5) is 0 Å². The first-order chi connectivity index (χ1) is 7.72. The smallest absolute Gasteiger partial charge is 0.230 e. The van der Waals surface area contributed by atoms with Gasteiger partial charge in [-0.2, -0.15) is 4.98 Å². The molecule has 1 aromatic rings. The molecular weight excluding hydrogens is 204 g/mol. The van der Waals surface area contributed by atoms with Gasteiger partial charge in [0.2, 0.25) is 5.89 Å². The first kappa shape index (κ1) is 11.6. The second-order valence-corrected chi connectivity index (χ2v) is 4.81. The molecule has 2 rings (SSSR count). The maximum absolute atomic E-state index is 9.76. The van der Waals surface area contributed by atoms with Gasteiger partial charge < -0.3 is 9.63 Å². The minimum Gasteiger partial charge on any atom is -0.385 e. The highest BCUT2D eigenvalue weighted by Gasteiger charge is 2.30. The summed E-state index contributed by atoms with van der Waals surface area (Å²) >= 11 is 0. The van der Waals surface area contributed by atoms with Crippen molar-refractivity contribution >= 4 is 0 Å². The Hall–Kier alpha value is -0.900. The van der Waals surface area contributed by atoms with Crippen molar-refractivity contribution in [1.29, 1.82) is 0 Å². The van der Waals surface area contributed by atoms with Gasteiger partial charge in [-0.15, -0.1) is 0 Å². The van der Waals surface area contributed by atoms with Crippen LogP contribution in [0.2, 0.25) is 0 Å². The summed E-state index contributed by atoms with van der Waals surface area (Å²) in [6.07, 6.45) is 4.65. The lowest BCUT2D eigenvalue weighted by atomic mass is 9.98. The molecule has 3 atom stereocenters. The van der Waals surface area contributed by atoms with Crippen LogP contribution in [0.1, 0.15) is 69.7 Å².